The molecule has 3 rings (SSSR count). The topological polar surface area (TPSA) is 77.5 Å². The summed E-state index contributed by atoms with van der Waals surface area (Å²) >= 11 is 0. The SMILES string of the molecule is COCCN(CCOC)C1=C(c2ccc(C)cc2)C(=O)N(c2ccc(OC)c(OC)c2)C1=O. The number of methoxy groups -OCH3 is 4. The van der Waals surface area contributed by atoms with Gasteiger partial charge < -0.3 is 23.8 Å². The van der Waals surface area contributed by atoms with Gasteiger partial charge in [-0.2, -0.15) is 0 Å². The first-order chi connectivity index (χ1) is 16.0. The second-order valence-corrected chi connectivity index (χ2v) is 7.55. The van der Waals surface area contributed by atoms with Crippen LogP contribution >= 0.6 is 0 Å². The molecule has 8 nitrogen and oxygen atoms in total. The molecular formula is C25H30N2O6. The Balaban J connectivity index is 2.13. The third-order valence-corrected chi connectivity index (χ3v) is 5.47. The zero-order chi connectivity index (χ0) is 24.0. The summed E-state index contributed by atoms with van der Waals surface area (Å²) in [4.78, 5) is 30.5. The predicted molar refractivity (Wildman–Crippen MR) is 125 cm³/mol. The minimum Gasteiger partial charge on any atom is -0.493 e. The van der Waals surface area contributed by atoms with Crippen molar-refractivity contribution in [3.8, 4) is 11.5 Å². The van der Waals surface area contributed by atoms with Crippen LogP contribution in [0.15, 0.2) is 48.2 Å². The normalized spacial score (nSPS) is 13.7. The fraction of sp³-hybridized carbons (Fsp3) is 0.360. The second kappa shape index (κ2) is 11.0. The molecule has 1 aliphatic rings. The summed E-state index contributed by atoms with van der Waals surface area (Å²) < 4.78 is 21.2. The number of hydrogen-bond donors (Lipinski definition) is 0. The van der Waals surface area contributed by atoms with Gasteiger partial charge >= 0.3 is 0 Å². The summed E-state index contributed by atoms with van der Waals surface area (Å²) in [7, 11) is 6.23. The van der Waals surface area contributed by atoms with E-state index < -0.39 is 11.8 Å². The lowest BCUT2D eigenvalue weighted by molar-refractivity contribution is -0.120. The predicted octanol–water partition coefficient (Wildman–Crippen LogP) is 2.89. The molecule has 0 spiro atoms. The Bertz CT molecular complexity index is 1020. The summed E-state index contributed by atoms with van der Waals surface area (Å²) in [5, 5.41) is 0. The van der Waals surface area contributed by atoms with Gasteiger partial charge in [-0.25, -0.2) is 4.90 Å². The van der Waals surface area contributed by atoms with E-state index in [9.17, 15) is 9.59 Å². The van der Waals surface area contributed by atoms with Crippen LogP contribution in [-0.4, -0.2) is 71.5 Å². The molecule has 0 radical (unpaired) electrons. The van der Waals surface area contributed by atoms with Gasteiger partial charge in [0, 0.05) is 33.4 Å². The largest absolute Gasteiger partial charge is 0.493 e. The van der Waals surface area contributed by atoms with Crippen LogP contribution in [0.4, 0.5) is 5.69 Å². The first-order valence-electron chi connectivity index (χ1n) is 10.6. The summed E-state index contributed by atoms with van der Waals surface area (Å²) in [6.45, 7) is 3.63. The first kappa shape index (κ1) is 24.3. The standard InChI is InChI=1S/C25H30N2O6/c1-17-6-8-18(9-7-17)22-23(26(12-14-30-2)13-15-31-3)25(29)27(24(22)28)19-10-11-20(32-4)21(16-19)33-5/h6-11,16H,12-15H2,1-5H3. The van der Waals surface area contributed by atoms with E-state index in [1.165, 1.54) is 19.1 Å². The Morgan fingerprint density at radius 2 is 1.39 bits per heavy atom. The molecule has 0 saturated carbocycles. The number of imide groups is 1. The number of carbonyl (C=O) groups excluding carboxylic acids is 2. The lowest BCUT2D eigenvalue weighted by Crippen LogP contribution is -2.37. The molecule has 0 unspecified atom stereocenters. The zero-order valence-electron chi connectivity index (χ0n) is 19.7. The number of anilines is 1. The first-order valence-corrected chi connectivity index (χ1v) is 10.6. The Morgan fingerprint density at radius 3 is 1.94 bits per heavy atom. The van der Waals surface area contributed by atoms with E-state index in [0.29, 0.717) is 60.3 Å². The molecule has 0 aliphatic carbocycles. The van der Waals surface area contributed by atoms with Crippen molar-refractivity contribution in [1.82, 2.24) is 4.90 Å². The lowest BCUT2D eigenvalue weighted by atomic mass is 10.0. The summed E-state index contributed by atoms with van der Waals surface area (Å²) in [5.41, 5.74) is 2.82. The highest BCUT2D eigenvalue weighted by Crippen LogP contribution is 2.38. The summed E-state index contributed by atoms with van der Waals surface area (Å²) in [5.74, 6) is 0.131. The molecule has 33 heavy (non-hydrogen) atoms. The van der Waals surface area contributed by atoms with Gasteiger partial charge in [-0.3, -0.25) is 9.59 Å². The van der Waals surface area contributed by atoms with Gasteiger partial charge in [0.2, 0.25) is 0 Å². The molecule has 176 valence electrons. The van der Waals surface area contributed by atoms with Crippen molar-refractivity contribution >= 4 is 23.1 Å². The minimum atomic E-state index is -0.407. The molecule has 1 heterocycles. The average molecular weight is 455 g/mol. The van der Waals surface area contributed by atoms with Gasteiger partial charge in [-0.1, -0.05) is 29.8 Å². The molecule has 2 aromatic rings. The summed E-state index contributed by atoms with van der Waals surface area (Å²) in [6, 6.07) is 12.5. The Morgan fingerprint density at radius 1 is 0.788 bits per heavy atom. The molecule has 0 N–H and O–H groups in total. The van der Waals surface area contributed by atoms with Gasteiger partial charge in [0.05, 0.1) is 38.7 Å². The monoisotopic (exact) mass is 454 g/mol. The van der Waals surface area contributed by atoms with E-state index in [0.717, 1.165) is 5.56 Å². The highest BCUT2D eigenvalue weighted by Gasteiger charge is 2.42. The quantitative estimate of drug-likeness (QED) is 0.483. The minimum absolute atomic E-state index is 0.327. The molecule has 2 aromatic carbocycles. The fourth-order valence-corrected chi connectivity index (χ4v) is 3.73. The molecule has 1 aliphatic heterocycles. The van der Waals surface area contributed by atoms with E-state index >= 15 is 0 Å². The van der Waals surface area contributed by atoms with Gasteiger partial charge in [-0.15, -0.1) is 0 Å². The molecular weight excluding hydrogens is 424 g/mol. The van der Waals surface area contributed by atoms with Crippen LogP contribution in [0.1, 0.15) is 11.1 Å². The van der Waals surface area contributed by atoms with Crippen LogP contribution in [0.2, 0.25) is 0 Å². The average Bonchev–Trinajstić information content (AvgIpc) is 3.09. The van der Waals surface area contributed by atoms with Gasteiger partial charge in [0.1, 0.15) is 5.70 Å². The van der Waals surface area contributed by atoms with E-state index in [4.69, 9.17) is 18.9 Å². The van der Waals surface area contributed by atoms with Gasteiger partial charge in [0.25, 0.3) is 11.8 Å². The Hall–Kier alpha value is -3.36. The van der Waals surface area contributed by atoms with Crippen molar-refractivity contribution in [1.29, 1.82) is 0 Å². The maximum atomic E-state index is 13.7. The van der Waals surface area contributed by atoms with E-state index in [2.05, 4.69) is 0 Å². The number of rotatable bonds is 11. The number of ether oxygens (including phenoxy) is 4. The van der Waals surface area contributed by atoms with E-state index in [-0.39, 0.29) is 0 Å². The van der Waals surface area contributed by atoms with Crippen LogP contribution in [-0.2, 0) is 19.1 Å². The van der Waals surface area contributed by atoms with Crippen molar-refractivity contribution < 1.29 is 28.5 Å². The van der Waals surface area contributed by atoms with Crippen LogP contribution in [0, 0.1) is 6.92 Å². The number of benzene rings is 2. The van der Waals surface area contributed by atoms with Crippen molar-refractivity contribution in [2.24, 2.45) is 0 Å². The van der Waals surface area contributed by atoms with Gasteiger partial charge in [0.15, 0.2) is 11.5 Å². The van der Waals surface area contributed by atoms with Gasteiger partial charge in [-0.05, 0) is 24.6 Å². The van der Waals surface area contributed by atoms with Crippen molar-refractivity contribution in [2.45, 2.75) is 6.92 Å². The molecule has 8 heteroatoms. The molecule has 0 aromatic heterocycles. The molecule has 0 fully saturated rings. The van der Waals surface area contributed by atoms with Crippen LogP contribution in [0.3, 0.4) is 0 Å². The van der Waals surface area contributed by atoms with Crippen molar-refractivity contribution in [3.63, 3.8) is 0 Å². The van der Waals surface area contributed by atoms with Crippen LogP contribution in [0.25, 0.3) is 5.57 Å². The second-order valence-electron chi connectivity index (χ2n) is 7.55. The lowest BCUT2D eigenvalue weighted by Gasteiger charge is -2.25. The van der Waals surface area contributed by atoms with E-state index in [1.54, 1.807) is 32.4 Å². The number of aryl methyl sites for hydroxylation is 1. The number of hydrogen-bond acceptors (Lipinski definition) is 7. The third kappa shape index (κ3) is 5.02. The third-order valence-electron chi connectivity index (χ3n) is 5.47. The van der Waals surface area contributed by atoms with E-state index in [1.807, 2.05) is 36.1 Å². The molecule has 0 bridgehead atoms. The molecule has 0 atom stereocenters. The Kier molecular flexibility index (Phi) is 8.08. The molecule has 0 saturated heterocycles. The van der Waals surface area contributed by atoms with Crippen LogP contribution in [0.5, 0.6) is 11.5 Å². The van der Waals surface area contributed by atoms with Crippen molar-refractivity contribution in [3.05, 3.63) is 59.3 Å². The number of nitrogens with zero attached hydrogens (tertiary/aromatic N) is 2. The fourth-order valence-electron chi connectivity index (χ4n) is 3.73. The van der Waals surface area contributed by atoms with Crippen LogP contribution < -0.4 is 14.4 Å². The number of carbonyl (C=O) groups is 2. The highest BCUT2D eigenvalue weighted by molar-refractivity contribution is 6.45. The number of amides is 2. The summed E-state index contributed by atoms with van der Waals surface area (Å²) in [6.07, 6.45) is 0. The maximum Gasteiger partial charge on any atom is 0.282 e. The van der Waals surface area contributed by atoms with Crippen molar-refractivity contribution in [2.75, 3.05) is 59.6 Å². The zero-order valence-corrected chi connectivity index (χ0v) is 19.7. The highest BCUT2D eigenvalue weighted by atomic mass is 16.5. The molecule has 2 amide bonds. The maximum absolute atomic E-state index is 13.7. The Labute approximate surface area is 194 Å². The smallest absolute Gasteiger partial charge is 0.282 e.